The first-order valence-electron chi connectivity index (χ1n) is 6.49. The number of nitrogens with zero attached hydrogens (tertiary/aromatic N) is 1. The van der Waals surface area contributed by atoms with E-state index in [1.165, 1.54) is 4.90 Å². The lowest BCUT2D eigenvalue weighted by Crippen LogP contribution is -2.39. The Kier molecular flexibility index (Phi) is 5.57. The van der Waals surface area contributed by atoms with Crippen LogP contribution in [0.15, 0.2) is 24.3 Å². The van der Waals surface area contributed by atoms with Crippen molar-refractivity contribution >= 4 is 24.0 Å². The molecule has 1 aromatic rings. The molecule has 0 aliphatic heterocycles. The summed E-state index contributed by atoms with van der Waals surface area (Å²) in [6.07, 6.45) is 0.205. The normalized spacial score (nSPS) is 12.7. The minimum Gasteiger partial charge on any atom is -0.444 e. The molecule has 0 aliphatic rings. The smallest absolute Gasteiger partial charge is 0.411 e. The molecule has 1 amide bonds. The van der Waals surface area contributed by atoms with Gasteiger partial charge in [0.05, 0.1) is 0 Å². The molecular weight excluding hydrogens is 278 g/mol. The van der Waals surface area contributed by atoms with Crippen molar-refractivity contribution < 1.29 is 14.3 Å². The van der Waals surface area contributed by atoms with Gasteiger partial charge >= 0.3 is 6.09 Å². The number of hydrogen-bond donors (Lipinski definition) is 0. The number of aldehydes is 1. The Labute approximate surface area is 124 Å². The second-order valence-electron chi connectivity index (χ2n) is 5.40. The Balaban J connectivity index is 3.01. The SMILES string of the molecule is CCN(C(=O)OC(C)(C)C)C(C=O)c1cccc(Cl)c1. The average molecular weight is 298 g/mol. The van der Waals surface area contributed by atoms with Crippen LogP contribution < -0.4 is 0 Å². The number of carbonyl (C=O) groups excluding carboxylic acids is 2. The number of benzene rings is 1. The third kappa shape index (κ3) is 4.53. The van der Waals surface area contributed by atoms with Gasteiger partial charge in [-0.05, 0) is 45.4 Å². The molecule has 0 radical (unpaired) electrons. The summed E-state index contributed by atoms with van der Waals surface area (Å²) in [5.41, 5.74) is 0.0620. The van der Waals surface area contributed by atoms with Crippen LogP contribution in [-0.2, 0) is 9.53 Å². The monoisotopic (exact) mass is 297 g/mol. The lowest BCUT2D eigenvalue weighted by atomic mass is 10.1. The largest absolute Gasteiger partial charge is 0.444 e. The van der Waals surface area contributed by atoms with Crippen LogP contribution in [0.3, 0.4) is 0 Å². The highest BCUT2D eigenvalue weighted by molar-refractivity contribution is 6.30. The van der Waals surface area contributed by atoms with Gasteiger partial charge in [0.15, 0.2) is 0 Å². The Morgan fingerprint density at radius 1 is 1.45 bits per heavy atom. The zero-order chi connectivity index (χ0) is 15.3. The van der Waals surface area contributed by atoms with Crippen LogP contribution in [0, 0.1) is 0 Å². The highest BCUT2D eigenvalue weighted by atomic mass is 35.5. The predicted molar refractivity (Wildman–Crippen MR) is 78.9 cm³/mol. The van der Waals surface area contributed by atoms with Gasteiger partial charge in [-0.3, -0.25) is 4.90 Å². The topological polar surface area (TPSA) is 46.6 Å². The van der Waals surface area contributed by atoms with Gasteiger partial charge in [0.1, 0.15) is 17.9 Å². The minimum atomic E-state index is -0.700. The molecule has 0 aliphatic carbocycles. The third-order valence-corrected chi connectivity index (χ3v) is 2.86. The Morgan fingerprint density at radius 3 is 2.55 bits per heavy atom. The Hall–Kier alpha value is -1.55. The molecule has 110 valence electrons. The van der Waals surface area contributed by atoms with Gasteiger partial charge in [0.25, 0.3) is 0 Å². The van der Waals surface area contributed by atoms with Gasteiger partial charge in [-0.25, -0.2) is 4.79 Å². The summed E-state index contributed by atoms with van der Waals surface area (Å²) < 4.78 is 5.32. The van der Waals surface area contributed by atoms with E-state index in [4.69, 9.17) is 16.3 Å². The molecule has 1 aromatic carbocycles. The van der Waals surface area contributed by atoms with Crippen LogP contribution in [0.25, 0.3) is 0 Å². The van der Waals surface area contributed by atoms with Gasteiger partial charge in [-0.1, -0.05) is 23.7 Å². The van der Waals surface area contributed by atoms with Crippen molar-refractivity contribution in [2.24, 2.45) is 0 Å². The molecule has 5 heteroatoms. The van der Waals surface area contributed by atoms with Crippen LogP contribution in [0.1, 0.15) is 39.3 Å². The van der Waals surface area contributed by atoms with Crippen molar-refractivity contribution in [1.29, 1.82) is 0 Å². The fourth-order valence-electron chi connectivity index (χ4n) is 1.78. The summed E-state index contributed by atoms with van der Waals surface area (Å²) in [7, 11) is 0. The molecule has 4 nitrogen and oxygen atoms in total. The fraction of sp³-hybridized carbons (Fsp3) is 0.467. The number of ether oxygens (including phenoxy) is 1. The van der Waals surface area contributed by atoms with Gasteiger partial charge in [-0.15, -0.1) is 0 Å². The average Bonchev–Trinajstić information content (AvgIpc) is 2.33. The van der Waals surface area contributed by atoms with Gasteiger partial charge < -0.3 is 9.53 Å². The molecule has 0 bridgehead atoms. The molecule has 0 aromatic heterocycles. The predicted octanol–water partition coefficient (Wildman–Crippen LogP) is 3.84. The molecule has 1 atom stereocenters. The van der Waals surface area contributed by atoms with E-state index in [1.54, 1.807) is 52.0 Å². The summed E-state index contributed by atoms with van der Waals surface area (Å²) >= 11 is 5.93. The molecule has 1 unspecified atom stereocenters. The molecule has 0 N–H and O–H groups in total. The second kappa shape index (κ2) is 6.75. The lowest BCUT2D eigenvalue weighted by Gasteiger charge is -2.30. The van der Waals surface area contributed by atoms with E-state index in [0.29, 0.717) is 17.1 Å². The van der Waals surface area contributed by atoms with Gasteiger partial charge in [0, 0.05) is 11.6 Å². The van der Waals surface area contributed by atoms with Crippen LogP contribution in [-0.4, -0.2) is 29.4 Å². The number of likely N-dealkylation sites (N-methyl/N-ethyl adjacent to an activating group) is 1. The van der Waals surface area contributed by atoms with E-state index in [-0.39, 0.29) is 0 Å². The van der Waals surface area contributed by atoms with Crippen molar-refractivity contribution in [1.82, 2.24) is 4.90 Å². The van der Waals surface area contributed by atoms with E-state index in [9.17, 15) is 9.59 Å². The Morgan fingerprint density at radius 2 is 2.10 bits per heavy atom. The van der Waals surface area contributed by atoms with Crippen LogP contribution in [0.2, 0.25) is 5.02 Å². The fourth-order valence-corrected chi connectivity index (χ4v) is 1.98. The van der Waals surface area contributed by atoms with Crippen molar-refractivity contribution in [3.05, 3.63) is 34.9 Å². The molecule has 0 saturated carbocycles. The van der Waals surface area contributed by atoms with Crippen molar-refractivity contribution in [2.45, 2.75) is 39.3 Å². The first-order chi connectivity index (χ1) is 9.28. The molecule has 0 saturated heterocycles. The maximum absolute atomic E-state index is 12.2. The number of halogens is 1. The maximum atomic E-state index is 12.2. The molecule has 20 heavy (non-hydrogen) atoms. The second-order valence-corrected chi connectivity index (χ2v) is 5.84. The summed E-state index contributed by atoms with van der Waals surface area (Å²) in [4.78, 5) is 24.9. The van der Waals surface area contributed by atoms with Gasteiger partial charge in [0.2, 0.25) is 0 Å². The highest BCUT2D eigenvalue weighted by Crippen LogP contribution is 2.23. The number of rotatable bonds is 4. The van der Waals surface area contributed by atoms with Crippen molar-refractivity contribution in [2.75, 3.05) is 6.54 Å². The molecule has 0 fully saturated rings. The van der Waals surface area contributed by atoms with E-state index < -0.39 is 17.7 Å². The van der Waals surface area contributed by atoms with Crippen LogP contribution in [0.5, 0.6) is 0 Å². The van der Waals surface area contributed by atoms with Gasteiger partial charge in [-0.2, -0.15) is 0 Å². The third-order valence-electron chi connectivity index (χ3n) is 2.62. The summed E-state index contributed by atoms with van der Waals surface area (Å²) in [5.74, 6) is 0. The van der Waals surface area contributed by atoms with Crippen LogP contribution in [0.4, 0.5) is 4.79 Å². The quantitative estimate of drug-likeness (QED) is 0.793. The molecule has 0 heterocycles. The van der Waals surface area contributed by atoms with E-state index >= 15 is 0 Å². The number of carbonyl (C=O) groups is 2. The summed E-state index contributed by atoms with van der Waals surface area (Å²) in [6.45, 7) is 7.52. The van der Waals surface area contributed by atoms with E-state index in [0.717, 1.165) is 6.29 Å². The zero-order valence-electron chi connectivity index (χ0n) is 12.2. The minimum absolute atomic E-state index is 0.366. The number of amides is 1. The molecular formula is C15H20ClNO3. The summed E-state index contributed by atoms with van der Waals surface area (Å²) in [5, 5.41) is 0.523. The van der Waals surface area contributed by atoms with Crippen LogP contribution >= 0.6 is 11.6 Å². The number of hydrogen-bond acceptors (Lipinski definition) is 3. The first kappa shape index (κ1) is 16.5. The standard InChI is InChI=1S/C15H20ClNO3/c1-5-17(14(19)20-15(2,3)4)13(10-18)11-7-6-8-12(16)9-11/h6-10,13H,5H2,1-4H3. The molecule has 1 rings (SSSR count). The highest BCUT2D eigenvalue weighted by Gasteiger charge is 2.28. The van der Waals surface area contributed by atoms with Crippen molar-refractivity contribution in [3.63, 3.8) is 0 Å². The van der Waals surface area contributed by atoms with E-state index in [1.807, 2.05) is 0 Å². The lowest BCUT2D eigenvalue weighted by molar-refractivity contribution is -0.112. The maximum Gasteiger partial charge on any atom is 0.411 e. The van der Waals surface area contributed by atoms with Crippen molar-refractivity contribution in [3.8, 4) is 0 Å². The molecule has 0 spiro atoms. The first-order valence-corrected chi connectivity index (χ1v) is 6.86. The van der Waals surface area contributed by atoms with E-state index in [2.05, 4.69) is 0 Å². The zero-order valence-corrected chi connectivity index (χ0v) is 13.0. The Bertz CT molecular complexity index is 482. The summed E-state index contributed by atoms with van der Waals surface area (Å²) in [6, 6.07) is 6.20.